The van der Waals surface area contributed by atoms with E-state index >= 15 is 0 Å². The van der Waals surface area contributed by atoms with Crippen molar-refractivity contribution < 1.29 is 0 Å². The van der Waals surface area contributed by atoms with Crippen molar-refractivity contribution in [1.29, 1.82) is 0 Å². The molecule has 3 aromatic heterocycles. The predicted octanol–water partition coefficient (Wildman–Crippen LogP) is 2.15. The van der Waals surface area contributed by atoms with Crippen LogP contribution < -0.4 is 5.32 Å². The number of hydrogen-bond donors (Lipinski definition) is 1. The third kappa shape index (κ3) is 2.48. The molecule has 0 aliphatic rings. The van der Waals surface area contributed by atoms with Crippen LogP contribution in [0.1, 0.15) is 6.92 Å². The maximum absolute atomic E-state index is 4.47. The SMILES string of the molecule is C/C=C\C(=NC)Nc1nccn2c(-c3cnn(C)c3)cnc12. The fraction of sp³-hybridized carbons (Fsp3) is 0.200. The second-order valence-electron chi connectivity index (χ2n) is 4.75. The number of fused-ring (bicyclic) bond motifs is 1. The Morgan fingerprint density at radius 2 is 2.18 bits per heavy atom. The lowest BCUT2D eigenvalue weighted by molar-refractivity contribution is 0.768. The van der Waals surface area contributed by atoms with E-state index in [1.165, 1.54) is 0 Å². The molecule has 3 aromatic rings. The zero-order valence-electron chi connectivity index (χ0n) is 12.7. The van der Waals surface area contributed by atoms with Crippen molar-refractivity contribution >= 4 is 17.3 Å². The Kier molecular flexibility index (Phi) is 3.69. The zero-order chi connectivity index (χ0) is 15.5. The zero-order valence-corrected chi connectivity index (χ0v) is 12.7. The van der Waals surface area contributed by atoms with Crippen molar-refractivity contribution in [1.82, 2.24) is 24.1 Å². The molecule has 3 heterocycles. The fourth-order valence-electron chi connectivity index (χ4n) is 2.23. The number of hydrogen-bond acceptors (Lipinski definition) is 4. The molecule has 3 rings (SSSR count). The fourth-order valence-corrected chi connectivity index (χ4v) is 2.23. The molecule has 0 fully saturated rings. The molecular weight excluding hydrogens is 278 g/mol. The van der Waals surface area contributed by atoms with E-state index in [4.69, 9.17) is 0 Å². The number of nitrogens with one attached hydrogen (secondary N) is 1. The quantitative estimate of drug-likeness (QED) is 0.593. The predicted molar refractivity (Wildman–Crippen MR) is 87.0 cm³/mol. The number of allylic oxidation sites excluding steroid dienone is 1. The summed E-state index contributed by atoms with van der Waals surface area (Å²) >= 11 is 0. The van der Waals surface area contributed by atoms with Gasteiger partial charge in [0, 0.05) is 38.2 Å². The molecule has 112 valence electrons. The summed E-state index contributed by atoms with van der Waals surface area (Å²) in [5, 5.41) is 7.39. The third-order valence-electron chi connectivity index (χ3n) is 3.24. The largest absolute Gasteiger partial charge is 0.322 e. The lowest BCUT2D eigenvalue weighted by atomic mass is 10.3. The topological polar surface area (TPSA) is 72.4 Å². The van der Waals surface area contributed by atoms with Crippen molar-refractivity contribution in [2.45, 2.75) is 6.92 Å². The number of aryl methyl sites for hydroxylation is 1. The van der Waals surface area contributed by atoms with Crippen LogP contribution in [-0.2, 0) is 7.05 Å². The van der Waals surface area contributed by atoms with Gasteiger partial charge >= 0.3 is 0 Å². The van der Waals surface area contributed by atoms with Crippen LogP contribution >= 0.6 is 0 Å². The van der Waals surface area contributed by atoms with Gasteiger partial charge in [0.1, 0.15) is 5.84 Å². The maximum Gasteiger partial charge on any atom is 0.180 e. The summed E-state index contributed by atoms with van der Waals surface area (Å²) in [4.78, 5) is 13.0. The van der Waals surface area contributed by atoms with Gasteiger partial charge in [-0.05, 0) is 13.0 Å². The molecule has 0 saturated heterocycles. The van der Waals surface area contributed by atoms with Crippen LogP contribution in [0.25, 0.3) is 16.9 Å². The summed E-state index contributed by atoms with van der Waals surface area (Å²) in [6.45, 7) is 1.94. The maximum atomic E-state index is 4.47. The summed E-state index contributed by atoms with van der Waals surface area (Å²) in [7, 11) is 3.62. The summed E-state index contributed by atoms with van der Waals surface area (Å²) in [5.74, 6) is 1.39. The first-order valence-corrected chi connectivity index (χ1v) is 6.90. The van der Waals surface area contributed by atoms with E-state index in [1.807, 2.05) is 55.3 Å². The summed E-state index contributed by atoms with van der Waals surface area (Å²) in [6, 6.07) is 0. The molecule has 7 heteroatoms. The molecular formula is C15H17N7. The molecule has 0 radical (unpaired) electrons. The van der Waals surface area contributed by atoms with Gasteiger partial charge in [-0.1, -0.05) is 6.08 Å². The highest BCUT2D eigenvalue weighted by molar-refractivity contribution is 6.04. The van der Waals surface area contributed by atoms with E-state index in [-0.39, 0.29) is 0 Å². The molecule has 0 saturated carbocycles. The second-order valence-corrected chi connectivity index (χ2v) is 4.75. The van der Waals surface area contributed by atoms with E-state index in [9.17, 15) is 0 Å². The van der Waals surface area contributed by atoms with Crippen LogP contribution in [0.2, 0.25) is 0 Å². The Labute approximate surface area is 128 Å². The van der Waals surface area contributed by atoms with Crippen LogP contribution in [-0.4, -0.2) is 37.0 Å². The second kappa shape index (κ2) is 5.80. The minimum absolute atomic E-state index is 0.663. The van der Waals surface area contributed by atoms with Gasteiger partial charge in [0.25, 0.3) is 0 Å². The van der Waals surface area contributed by atoms with E-state index in [0.717, 1.165) is 22.7 Å². The standard InChI is InChI=1S/C15H17N7/c1-4-5-13(16-2)20-14-15-18-9-12(22(15)7-6-17-14)11-8-19-21(3)10-11/h4-10H,1-3H3,(H,16,17,20)/b5-4-. The van der Waals surface area contributed by atoms with E-state index in [2.05, 4.69) is 25.4 Å². The minimum Gasteiger partial charge on any atom is -0.322 e. The van der Waals surface area contributed by atoms with Gasteiger partial charge < -0.3 is 5.32 Å². The van der Waals surface area contributed by atoms with E-state index < -0.39 is 0 Å². The molecule has 7 nitrogen and oxygen atoms in total. The number of rotatable bonds is 3. The molecule has 0 atom stereocenters. The Morgan fingerprint density at radius 3 is 2.86 bits per heavy atom. The number of aliphatic imine (C=N–C) groups is 1. The van der Waals surface area contributed by atoms with Gasteiger partial charge in [0.2, 0.25) is 0 Å². The van der Waals surface area contributed by atoms with E-state index in [0.29, 0.717) is 5.82 Å². The lowest BCUT2D eigenvalue weighted by Gasteiger charge is -2.06. The van der Waals surface area contributed by atoms with Crippen molar-refractivity contribution in [2.75, 3.05) is 12.4 Å². The molecule has 22 heavy (non-hydrogen) atoms. The van der Waals surface area contributed by atoms with Gasteiger partial charge in [0.15, 0.2) is 11.5 Å². The average Bonchev–Trinajstić information content (AvgIpc) is 3.13. The van der Waals surface area contributed by atoms with Crippen molar-refractivity contribution in [2.24, 2.45) is 12.0 Å². The third-order valence-corrected chi connectivity index (χ3v) is 3.24. The number of aromatic nitrogens is 5. The summed E-state index contributed by atoms with van der Waals surface area (Å²) < 4.78 is 3.75. The van der Waals surface area contributed by atoms with Crippen LogP contribution in [0, 0.1) is 0 Å². The Morgan fingerprint density at radius 1 is 1.32 bits per heavy atom. The van der Waals surface area contributed by atoms with Gasteiger partial charge in [-0.2, -0.15) is 5.10 Å². The summed E-state index contributed by atoms with van der Waals surface area (Å²) in [5.41, 5.74) is 2.71. The first kappa shape index (κ1) is 14.0. The first-order valence-electron chi connectivity index (χ1n) is 6.90. The van der Waals surface area contributed by atoms with Crippen LogP contribution in [0.5, 0.6) is 0 Å². The van der Waals surface area contributed by atoms with Crippen molar-refractivity contribution in [3.63, 3.8) is 0 Å². The molecule has 1 N–H and O–H groups in total. The van der Waals surface area contributed by atoms with Crippen molar-refractivity contribution in [3.05, 3.63) is 43.1 Å². The monoisotopic (exact) mass is 295 g/mol. The average molecular weight is 295 g/mol. The number of amidine groups is 1. The van der Waals surface area contributed by atoms with Crippen LogP contribution in [0.3, 0.4) is 0 Å². The normalized spacial score (nSPS) is 12.4. The lowest BCUT2D eigenvalue weighted by Crippen LogP contribution is -2.11. The number of anilines is 1. The van der Waals surface area contributed by atoms with Crippen LogP contribution in [0.15, 0.2) is 48.1 Å². The van der Waals surface area contributed by atoms with Gasteiger partial charge in [-0.3, -0.25) is 14.1 Å². The molecule has 0 aromatic carbocycles. The highest BCUT2D eigenvalue weighted by Gasteiger charge is 2.11. The highest BCUT2D eigenvalue weighted by Crippen LogP contribution is 2.22. The smallest absolute Gasteiger partial charge is 0.180 e. The Hall–Kier alpha value is -2.96. The number of nitrogens with zero attached hydrogens (tertiary/aromatic N) is 6. The summed E-state index contributed by atoms with van der Waals surface area (Å²) in [6.07, 6.45) is 13.0. The van der Waals surface area contributed by atoms with Gasteiger partial charge in [-0.25, -0.2) is 9.97 Å². The first-order chi connectivity index (χ1) is 10.7. The van der Waals surface area contributed by atoms with E-state index in [1.54, 1.807) is 17.9 Å². The molecule has 0 spiro atoms. The molecule has 0 aliphatic carbocycles. The highest BCUT2D eigenvalue weighted by atomic mass is 15.2. The van der Waals surface area contributed by atoms with Crippen LogP contribution in [0.4, 0.5) is 5.82 Å². The van der Waals surface area contributed by atoms with Gasteiger partial charge in [0.05, 0.1) is 18.1 Å². The Balaban J connectivity index is 2.06. The molecule has 0 unspecified atom stereocenters. The Bertz CT molecular complexity index is 854. The molecule has 0 amide bonds. The molecule has 0 bridgehead atoms. The van der Waals surface area contributed by atoms with Crippen molar-refractivity contribution in [3.8, 4) is 11.3 Å². The minimum atomic E-state index is 0.663. The molecule has 0 aliphatic heterocycles. The van der Waals surface area contributed by atoms with Gasteiger partial charge in [-0.15, -0.1) is 0 Å². The number of imidazole rings is 1.